The summed E-state index contributed by atoms with van der Waals surface area (Å²) >= 11 is 6.36. The third kappa shape index (κ3) is 6.77. The molecule has 192 valence electrons. The van der Waals surface area contributed by atoms with Crippen LogP contribution in [0.4, 0.5) is 5.69 Å². The highest BCUT2D eigenvalue weighted by Gasteiger charge is 2.32. The van der Waals surface area contributed by atoms with E-state index in [9.17, 15) is 18.0 Å². The molecule has 0 spiro atoms. The molecule has 0 aliphatic heterocycles. The lowest BCUT2D eigenvalue weighted by Crippen LogP contribution is -2.54. The van der Waals surface area contributed by atoms with E-state index < -0.39 is 34.1 Å². The quantitative estimate of drug-likeness (QED) is 0.462. The number of nitrogens with zero attached hydrogens (tertiary/aromatic N) is 2. The SMILES string of the molecule is C[C@H](C(=O)NC(C)(C)C)N(Cc1ccccc1Cl)C(=O)CN(c1cccc2ccccc12)S(C)(=O)=O. The van der Waals surface area contributed by atoms with Gasteiger partial charge < -0.3 is 10.2 Å². The van der Waals surface area contributed by atoms with Gasteiger partial charge in [-0.15, -0.1) is 0 Å². The zero-order valence-electron chi connectivity index (χ0n) is 21.2. The summed E-state index contributed by atoms with van der Waals surface area (Å²) in [4.78, 5) is 28.1. The van der Waals surface area contributed by atoms with Crippen LogP contribution in [0.15, 0.2) is 66.7 Å². The van der Waals surface area contributed by atoms with Crippen molar-refractivity contribution in [3.8, 4) is 0 Å². The number of hydrogen-bond donors (Lipinski definition) is 1. The molecular weight excluding hydrogens is 498 g/mol. The lowest BCUT2D eigenvalue weighted by atomic mass is 10.1. The predicted molar refractivity (Wildman–Crippen MR) is 145 cm³/mol. The average Bonchev–Trinajstić information content (AvgIpc) is 2.79. The Morgan fingerprint density at radius 2 is 1.58 bits per heavy atom. The molecule has 0 unspecified atom stereocenters. The first-order valence-corrected chi connectivity index (χ1v) is 13.8. The van der Waals surface area contributed by atoms with Gasteiger partial charge in [0.05, 0.1) is 11.9 Å². The van der Waals surface area contributed by atoms with Gasteiger partial charge in [-0.25, -0.2) is 8.42 Å². The number of hydrogen-bond acceptors (Lipinski definition) is 4. The third-order valence-corrected chi connectivity index (χ3v) is 7.17. The topological polar surface area (TPSA) is 86.8 Å². The standard InChI is InChI=1S/C27H32ClN3O4S/c1-19(26(33)29-27(2,3)4)30(17-21-12-7-9-15-23(21)28)25(32)18-31(36(5,34)35)24-16-10-13-20-11-6-8-14-22(20)24/h6-16,19H,17-18H2,1-5H3,(H,29,33)/t19-/m1/s1. The van der Waals surface area contributed by atoms with Gasteiger partial charge in [0.25, 0.3) is 0 Å². The van der Waals surface area contributed by atoms with Gasteiger partial charge in [-0.05, 0) is 50.8 Å². The summed E-state index contributed by atoms with van der Waals surface area (Å²) in [7, 11) is -3.83. The molecule has 36 heavy (non-hydrogen) atoms. The molecule has 1 atom stereocenters. The van der Waals surface area contributed by atoms with Crippen LogP contribution in [0.2, 0.25) is 5.02 Å². The van der Waals surface area contributed by atoms with Gasteiger partial charge in [-0.2, -0.15) is 0 Å². The molecule has 0 aliphatic rings. The minimum Gasteiger partial charge on any atom is -0.350 e. The van der Waals surface area contributed by atoms with Crippen LogP contribution < -0.4 is 9.62 Å². The van der Waals surface area contributed by atoms with Gasteiger partial charge in [-0.1, -0.05) is 66.2 Å². The second kappa shape index (κ2) is 10.9. The number of halogens is 1. The minimum atomic E-state index is -3.83. The number of anilines is 1. The van der Waals surface area contributed by atoms with Crippen LogP contribution in [0.25, 0.3) is 10.8 Å². The molecule has 9 heteroatoms. The lowest BCUT2D eigenvalue weighted by molar-refractivity contribution is -0.140. The Kier molecular flexibility index (Phi) is 8.31. The summed E-state index contributed by atoms with van der Waals surface area (Å²) in [5, 5.41) is 4.90. The van der Waals surface area contributed by atoms with Gasteiger partial charge in [-0.3, -0.25) is 13.9 Å². The van der Waals surface area contributed by atoms with Crippen LogP contribution in [0.5, 0.6) is 0 Å². The second-order valence-corrected chi connectivity index (χ2v) is 12.1. The number of amides is 2. The van der Waals surface area contributed by atoms with Crippen molar-refractivity contribution in [1.29, 1.82) is 0 Å². The molecule has 3 aromatic rings. The Labute approximate surface area is 218 Å². The summed E-state index contributed by atoms with van der Waals surface area (Å²) < 4.78 is 26.9. The molecule has 0 saturated carbocycles. The minimum absolute atomic E-state index is 0.0460. The van der Waals surface area contributed by atoms with E-state index in [-0.39, 0.29) is 12.5 Å². The zero-order chi connectivity index (χ0) is 26.7. The highest BCUT2D eigenvalue weighted by molar-refractivity contribution is 7.92. The fourth-order valence-corrected chi connectivity index (χ4v) is 4.94. The van der Waals surface area contributed by atoms with Gasteiger partial charge in [0.1, 0.15) is 12.6 Å². The van der Waals surface area contributed by atoms with Crippen molar-refractivity contribution in [3.63, 3.8) is 0 Å². The molecule has 1 N–H and O–H groups in total. The Morgan fingerprint density at radius 1 is 0.972 bits per heavy atom. The monoisotopic (exact) mass is 529 g/mol. The van der Waals surface area contributed by atoms with E-state index >= 15 is 0 Å². The highest BCUT2D eigenvalue weighted by Crippen LogP contribution is 2.29. The maximum absolute atomic E-state index is 13.7. The molecule has 7 nitrogen and oxygen atoms in total. The number of carbonyl (C=O) groups excluding carboxylic acids is 2. The molecule has 0 fully saturated rings. The fourth-order valence-electron chi connectivity index (χ4n) is 3.89. The van der Waals surface area contributed by atoms with E-state index in [1.54, 1.807) is 43.3 Å². The maximum atomic E-state index is 13.7. The first kappa shape index (κ1) is 27.5. The Bertz CT molecular complexity index is 1360. The van der Waals surface area contributed by atoms with Crippen molar-refractivity contribution in [2.75, 3.05) is 17.1 Å². The predicted octanol–water partition coefficient (Wildman–Crippen LogP) is 4.59. The molecule has 2 amide bonds. The summed E-state index contributed by atoms with van der Waals surface area (Å²) in [6.07, 6.45) is 1.07. The smallest absolute Gasteiger partial charge is 0.244 e. The molecule has 0 bridgehead atoms. The molecule has 0 heterocycles. The Morgan fingerprint density at radius 3 is 2.22 bits per heavy atom. The lowest BCUT2D eigenvalue weighted by Gasteiger charge is -2.33. The Hall–Kier alpha value is -3.10. The van der Waals surface area contributed by atoms with Crippen molar-refractivity contribution >= 4 is 49.9 Å². The Balaban J connectivity index is 2.01. The number of nitrogens with one attached hydrogen (secondary N) is 1. The van der Waals surface area contributed by atoms with E-state index in [1.807, 2.05) is 51.1 Å². The number of rotatable bonds is 8. The first-order valence-electron chi connectivity index (χ1n) is 11.6. The molecule has 0 radical (unpaired) electrons. The van der Waals surface area contributed by atoms with Crippen molar-refractivity contribution in [2.24, 2.45) is 0 Å². The first-order chi connectivity index (χ1) is 16.8. The molecule has 0 aromatic heterocycles. The molecule has 0 saturated heterocycles. The van der Waals surface area contributed by atoms with E-state index in [2.05, 4.69) is 5.32 Å². The number of benzene rings is 3. The van der Waals surface area contributed by atoms with Crippen LogP contribution >= 0.6 is 11.6 Å². The van der Waals surface area contributed by atoms with Crippen molar-refractivity contribution in [2.45, 2.75) is 45.8 Å². The van der Waals surface area contributed by atoms with E-state index in [1.165, 1.54) is 4.90 Å². The molecule has 0 aliphatic carbocycles. The molecule has 3 aromatic carbocycles. The average molecular weight is 530 g/mol. The van der Waals surface area contributed by atoms with Crippen LogP contribution in [-0.2, 0) is 26.2 Å². The van der Waals surface area contributed by atoms with Gasteiger partial charge in [0, 0.05) is 22.5 Å². The number of carbonyl (C=O) groups is 2. The van der Waals surface area contributed by atoms with Crippen LogP contribution in [0.1, 0.15) is 33.3 Å². The summed E-state index contributed by atoms with van der Waals surface area (Å²) in [5.74, 6) is -0.871. The fraction of sp³-hybridized carbons (Fsp3) is 0.333. The van der Waals surface area contributed by atoms with Crippen molar-refractivity contribution < 1.29 is 18.0 Å². The van der Waals surface area contributed by atoms with Crippen molar-refractivity contribution in [3.05, 3.63) is 77.3 Å². The van der Waals surface area contributed by atoms with E-state index in [4.69, 9.17) is 11.6 Å². The highest BCUT2D eigenvalue weighted by atomic mass is 35.5. The zero-order valence-corrected chi connectivity index (χ0v) is 22.7. The van der Waals surface area contributed by atoms with Crippen LogP contribution in [-0.4, -0.2) is 49.5 Å². The molecule has 3 rings (SSSR count). The van der Waals surface area contributed by atoms with Crippen molar-refractivity contribution in [1.82, 2.24) is 10.2 Å². The van der Waals surface area contributed by atoms with Gasteiger partial charge in [0.2, 0.25) is 21.8 Å². The van der Waals surface area contributed by atoms with Crippen LogP contribution in [0.3, 0.4) is 0 Å². The third-order valence-electron chi connectivity index (χ3n) is 5.68. The van der Waals surface area contributed by atoms with Crippen LogP contribution in [0, 0.1) is 0 Å². The summed E-state index contributed by atoms with van der Waals surface area (Å²) in [5.41, 5.74) is 0.541. The van der Waals surface area contributed by atoms with Gasteiger partial charge in [0.15, 0.2) is 0 Å². The number of sulfonamides is 1. The normalized spacial score (nSPS) is 12.7. The maximum Gasteiger partial charge on any atom is 0.244 e. The number of fused-ring (bicyclic) bond motifs is 1. The van der Waals surface area contributed by atoms with E-state index in [0.29, 0.717) is 21.7 Å². The summed E-state index contributed by atoms with van der Waals surface area (Å²) in [6.45, 7) is 6.75. The van der Waals surface area contributed by atoms with E-state index in [0.717, 1.165) is 15.9 Å². The molecular formula is C27H32ClN3O4S. The second-order valence-electron chi connectivity index (χ2n) is 9.80. The largest absolute Gasteiger partial charge is 0.350 e. The summed E-state index contributed by atoms with van der Waals surface area (Å²) in [6, 6.07) is 18.9. The van der Waals surface area contributed by atoms with Gasteiger partial charge >= 0.3 is 0 Å².